The van der Waals surface area contributed by atoms with Crippen molar-refractivity contribution in [2.24, 2.45) is 0 Å². The number of hydrogen-bond acceptors (Lipinski definition) is 10. The number of nitrogens with zero attached hydrogens (tertiary/aromatic N) is 4. The van der Waals surface area contributed by atoms with E-state index in [-0.39, 0.29) is 18.7 Å². The van der Waals surface area contributed by atoms with Gasteiger partial charge in [0.1, 0.15) is 30.0 Å². The Bertz CT molecular complexity index is 1290. The van der Waals surface area contributed by atoms with E-state index < -0.39 is 6.10 Å². The predicted octanol–water partition coefficient (Wildman–Crippen LogP) is 3.98. The molecule has 39 heavy (non-hydrogen) atoms. The van der Waals surface area contributed by atoms with E-state index in [0.29, 0.717) is 59.1 Å². The summed E-state index contributed by atoms with van der Waals surface area (Å²) in [6.07, 6.45) is 0.517. The highest BCUT2D eigenvalue weighted by molar-refractivity contribution is 6.33. The molecular weight excluding hydrogens is 524 g/mol. The van der Waals surface area contributed by atoms with E-state index in [4.69, 9.17) is 35.6 Å². The number of aliphatic hydroxyl groups excluding tert-OH is 1. The molecule has 0 radical (unpaired) electrons. The van der Waals surface area contributed by atoms with E-state index in [2.05, 4.69) is 15.8 Å². The highest BCUT2D eigenvalue weighted by Gasteiger charge is 2.26. The van der Waals surface area contributed by atoms with Crippen LogP contribution in [0.5, 0.6) is 5.75 Å². The van der Waals surface area contributed by atoms with Crippen molar-refractivity contribution >= 4 is 23.5 Å². The van der Waals surface area contributed by atoms with E-state index >= 15 is 0 Å². The number of anilines is 1. The number of likely N-dealkylation sites (tertiary alicyclic amines) is 1. The van der Waals surface area contributed by atoms with E-state index in [1.54, 1.807) is 30.1 Å². The average molecular weight is 559 g/mol. The van der Waals surface area contributed by atoms with Crippen LogP contribution < -0.4 is 15.4 Å². The van der Waals surface area contributed by atoms with Gasteiger partial charge in [0.15, 0.2) is 5.82 Å². The van der Waals surface area contributed by atoms with Crippen molar-refractivity contribution in [1.82, 2.24) is 25.3 Å². The quantitative estimate of drug-likeness (QED) is 0.354. The van der Waals surface area contributed by atoms with Gasteiger partial charge in [-0.1, -0.05) is 16.8 Å². The van der Waals surface area contributed by atoms with Gasteiger partial charge in [0, 0.05) is 36.8 Å². The summed E-state index contributed by atoms with van der Waals surface area (Å²) >= 11 is 6.63. The summed E-state index contributed by atoms with van der Waals surface area (Å²) in [5.74, 6) is 2.27. The van der Waals surface area contributed by atoms with Crippen LogP contribution in [0.1, 0.15) is 29.9 Å². The highest BCUT2D eigenvalue weighted by atomic mass is 35.5. The smallest absolute Gasteiger partial charge is 0.409 e. The summed E-state index contributed by atoms with van der Waals surface area (Å²) in [7, 11) is 3.16. The average Bonchev–Trinajstić information content (AvgIpc) is 3.27. The summed E-state index contributed by atoms with van der Waals surface area (Å²) < 4.78 is 16.1. The van der Waals surface area contributed by atoms with E-state index in [9.17, 15) is 9.90 Å². The van der Waals surface area contributed by atoms with E-state index in [0.717, 1.165) is 29.7 Å². The molecule has 0 spiro atoms. The largest absolute Gasteiger partial charge is 0.491 e. The van der Waals surface area contributed by atoms with Crippen molar-refractivity contribution in [2.45, 2.75) is 45.8 Å². The fourth-order valence-corrected chi connectivity index (χ4v) is 4.83. The predicted molar refractivity (Wildman–Crippen MR) is 148 cm³/mol. The topological polar surface area (TPSA) is 135 Å². The zero-order valence-electron chi connectivity index (χ0n) is 22.9. The highest BCUT2D eigenvalue weighted by Crippen LogP contribution is 2.36. The van der Waals surface area contributed by atoms with Crippen LogP contribution in [0.3, 0.4) is 0 Å². The third-order valence-electron chi connectivity index (χ3n) is 6.75. The van der Waals surface area contributed by atoms with Crippen LogP contribution in [0.4, 0.5) is 10.6 Å². The molecule has 210 valence electrons. The Balaban J connectivity index is 1.70. The van der Waals surface area contributed by atoms with Gasteiger partial charge in [0.25, 0.3) is 0 Å². The first-order valence-corrected chi connectivity index (χ1v) is 13.3. The third-order valence-corrected chi connectivity index (χ3v) is 7.08. The molecule has 11 nitrogen and oxygen atoms in total. The lowest BCUT2D eigenvalue weighted by atomic mass is 10.0. The molecule has 0 unspecified atom stereocenters. The number of aliphatic hydroxyl groups is 1. The number of likely N-dealkylation sites (N-methyl/N-ethyl adjacent to an activating group) is 1. The number of benzene rings is 1. The van der Waals surface area contributed by atoms with Crippen molar-refractivity contribution in [1.29, 1.82) is 0 Å². The molecule has 3 aromatic rings. The van der Waals surface area contributed by atoms with Crippen LogP contribution in [-0.2, 0) is 4.74 Å². The number of amides is 1. The van der Waals surface area contributed by atoms with Crippen LogP contribution in [-0.4, -0.2) is 83.8 Å². The van der Waals surface area contributed by atoms with Gasteiger partial charge < -0.3 is 34.6 Å². The molecule has 2 aromatic heterocycles. The molecule has 1 atom stereocenters. The van der Waals surface area contributed by atoms with Gasteiger partial charge in [0.05, 0.1) is 29.1 Å². The second kappa shape index (κ2) is 12.6. The molecule has 3 heterocycles. The maximum Gasteiger partial charge on any atom is 0.409 e. The Hall–Kier alpha value is -3.41. The lowest BCUT2D eigenvalue weighted by Gasteiger charge is -2.32. The summed E-state index contributed by atoms with van der Waals surface area (Å²) in [6, 6.07) is 5.35. The van der Waals surface area contributed by atoms with Crippen LogP contribution in [0.25, 0.3) is 22.6 Å². The molecular formula is C27H35ClN6O5. The lowest BCUT2D eigenvalue weighted by Crippen LogP contribution is -2.42. The number of carbonyl (C=O) groups is 1. The number of piperidine rings is 1. The van der Waals surface area contributed by atoms with E-state index in [1.165, 1.54) is 7.11 Å². The number of carbonyl (C=O) groups excluding carboxylic acids is 1. The van der Waals surface area contributed by atoms with Gasteiger partial charge in [0.2, 0.25) is 0 Å². The Labute approximate surface area is 232 Å². The molecule has 3 N–H and O–H groups in total. The van der Waals surface area contributed by atoms with Crippen molar-refractivity contribution < 1.29 is 23.9 Å². The van der Waals surface area contributed by atoms with Crippen molar-refractivity contribution in [3.8, 4) is 28.4 Å². The van der Waals surface area contributed by atoms with Crippen molar-refractivity contribution in [3.63, 3.8) is 0 Å². The normalized spacial score (nSPS) is 14.8. The monoisotopic (exact) mass is 558 g/mol. The Morgan fingerprint density at radius 1 is 1.26 bits per heavy atom. The summed E-state index contributed by atoms with van der Waals surface area (Å²) in [5, 5.41) is 21.1. The van der Waals surface area contributed by atoms with Crippen LogP contribution >= 0.6 is 11.6 Å². The minimum Gasteiger partial charge on any atom is -0.491 e. The molecule has 1 aromatic carbocycles. The molecule has 1 aliphatic rings. The SMILES string of the molecule is CNC[C@H](O)COc1ccc(Cl)c(-c2nc(NC3CCN(C(=O)OC)CC3)c(C)c(-c3c(C)noc3C)n2)c1. The number of aryl methyl sites for hydroxylation is 2. The van der Waals surface area contributed by atoms with Gasteiger partial charge in [-0.2, -0.15) is 0 Å². The first-order chi connectivity index (χ1) is 18.7. The number of halogens is 1. The summed E-state index contributed by atoms with van der Waals surface area (Å²) in [6.45, 7) is 7.39. The Morgan fingerprint density at radius 2 is 2.00 bits per heavy atom. The first kappa shape index (κ1) is 28.6. The second-order valence-electron chi connectivity index (χ2n) is 9.61. The fraction of sp³-hybridized carbons (Fsp3) is 0.481. The number of nitrogens with one attached hydrogen (secondary N) is 2. The molecule has 1 aliphatic heterocycles. The Kier molecular flexibility index (Phi) is 9.26. The Morgan fingerprint density at radius 3 is 2.64 bits per heavy atom. The maximum absolute atomic E-state index is 11.9. The minimum absolute atomic E-state index is 0.101. The zero-order chi connectivity index (χ0) is 28.1. The fourth-order valence-electron chi connectivity index (χ4n) is 4.62. The zero-order valence-corrected chi connectivity index (χ0v) is 23.6. The number of rotatable bonds is 9. The molecule has 1 fully saturated rings. The van der Waals surface area contributed by atoms with Gasteiger partial charge >= 0.3 is 6.09 Å². The third kappa shape index (κ3) is 6.60. The standard InChI is InChI=1S/C27H35ClN6O5/c1-15-24(23-16(2)33-39-17(23)3)31-26(21-12-20(6-7-22(21)28)38-14-19(35)13-29-4)32-25(15)30-18-8-10-34(11-9-18)27(36)37-5/h6-7,12,18-19,29,35H,8-11,13-14H2,1-5H3,(H,30,31,32)/t19-/m0/s1. The van der Waals surface area contributed by atoms with Gasteiger partial charge in [-0.05, 0) is 58.9 Å². The summed E-state index contributed by atoms with van der Waals surface area (Å²) in [5.41, 5.74) is 3.66. The molecule has 4 rings (SSSR count). The maximum atomic E-state index is 11.9. The van der Waals surface area contributed by atoms with Gasteiger partial charge in [-0.15, -0.1) is 0 Å². The molecule has 0 bridgehead atoms. The van der Waals surface area contributed by atoms with Crippen LogP contribution in [0, 0.1) is 20.8 Å². The number of methoxy groups -OCH3 is 1. The molecule has 0 aliphatic carbocycles. The minimum atomic E-state index is -0.655. The first-order valence-electron chi connectivity index (χ1n) is 12.9. The summed E-state index contributed by atoms with van der Waals surface area (Å²) in [4.78, 5) is 23.4. The van der Waals surface area contributed by atoms with Gasteiger partial charge in [-0.3, -0.25) is 0 Å². The lowest BCUT2D eigenvalue weighted by molar-refractivity contribution is 0.108. The molecule has 1 amide bonds. The van der Waals surface area contributed by atoms with E-state index in [1.807, 2.05) is 20.8 Å². The van der Waals surface area contributed by atoms with Crippen LogP contribution in [0.2, 0.25) is 5.02 Å². The van der Waals surface area contributed by atoms with Crippen molar-refractivity contribution in [3.05, 3.63) is 40.2 Å². The number of hydrogen-bond donors (Lipinski definition) is 3. The van der Waals surface area contributed by atoms with Crippen LogP contribution in [0.15, 0.2) is 22.7 Å². The number of ether oxygens (including phenoxy) is 2. The van der Waals surface area contributed by atoms with Crippen molar-refractivity contribution in [2.75, 3.05) is 45.7 Å². The molecule has 1 saturated heterocycles. The number of aromatic nitrogens is 3. The molecule has 12 heteroatoms. The van der Waals surface area contributed by atoms with Gasteiger partial charge in [-0.25, -0.2) is 14.8 Å². The second-order valence-corrected chi connectivity index (χ2v) is 10.0. The molecule has 0 saturated carbocycles.